The Morgan fingerprint density at radius 2 is 1.00 bits per heavy atom. The molecular formula is C14H34O2. The Labute approximate surface area is 104 Å². The Balaban J connectivity index is -0.000000845. The van der Waals surface area contributed by atoms with Crippen molar-refractivity contribution in [1.82, 2.24) is 0 Å². The van der Waals surface area contributed by atoms with E-state index in [4.69, 9.17) is 9.47 Å². The Bertz CT molecular complexity index is 119. The highest BCUT2D eigenvalue weighted by Gasteiger charge is 2.15. The van der Waals surface area contributed by atoms with Gasteiger partial charge in [0, 0.05) is 5.92 Å². The van der Waals surface area contributed by atoms with Gasteiger partial charge in [-0.15, -0.1) is 0 Å². The Hall–Kier alpha value is -0.0800. The molecular weight excluding hydrogens is 200 g/mol. The molecule has 16 heavy (non-hydrogen) atoms. The van der Waals surface area contributed by atoms with Crippen molar-refractivity contribution in [2.24, 2.45) is 11.8 Å². The molecule has 102 valence electrons. The normalized spacial score (nSPS) is 10.9. The van der Waals surface area contributed by atoms with E-state index in [1.165, 1.54) is 0 Å². The Morgan fingerprint density at radius 1 is 0.688 bits per heavy atom. The second kappa shape index (κ2) is 11.4. The fourth-order valence-corrected chi connectivity index (χ4v) is 1.07. The van der Waals surface area contributed by atoms with E-state index in [2.05, 4.69) is 41.5 Å². The van der Waals surface area contributed by atoms with Gasteiger partial charge in [0.1, 0.15) is 0 Å². The molecule has 0 bridgehead atoms. The minimum Gasteiger partial charge on any atom is -0.378 e. The fourth-order valence-electron chi connectivity index (χ4n) is 1.07. The zero-order valence-corrected chi connectivity index (χ0v) is 10.5. The molecule has 0 atom stereocenters. The van der Waals surface area contributed by atoms with Crippen LogP contribution in [0.3, 0.4) is 0 Å². The molecule has 0 spiro atoms. The number of hydrogen-bond donors (Lipinski definition) is 0. The maximum absolute atomic E-state index is 5.62. The van der Waals surface area contributed by atoms with Gasteiger partial charge in [0.15, 0.2) is 0 Å². The zero-order valence-electron chi connectivity index (χ0n) is 10.5. The zero-order chi connectivity index (χ0) is 11.1. The summed E-state index contributed by atoms with van der Waals surface area (Å²) in [4.78, 5) is 0. The lowest BCUT2D eigenvalue weighted by Crippen LogP contribution is -2.25. The lowest BCUT2D eigenvalue weighted by Gasteiger charge is -2.23. The Morgan fingerprint density at radius 3 is 1.19 bits per heavy atom. The number of rotatable bonds is 7. The summed E-state index contributed by atoms with van der Waals surface area (Å²) in [6, 6.07) is 0. The molecule has 0 rings (SSSR count). The lowest BCUT2D eigenvalue weighted by atomic mass is 9.98. The van der Waals surface area contributed by atoms with E-state index in [0.29, 0.717) is 24.0 Å². The molecule has 0 saturated heterocycles. The highest BCUT2D eigenvalue weighted by Crippen LogP contribution is 2.13. The van der Waals surface area contributed by atoms with Crippen LogP contribution in [-0.4, -0.2) is 25.4 Å². The molecule has 0 aliphatic carbocycles. The van der Waals surface area contributed by atoms with Crippen LogP contribution in [0.2, 0.25) is 0 Å². The van der Waals surface area contributed by atoms with Crippen LogP contribution in [0.15, 0.2) is 0 Å². The summed E-state index contributed by atoms with van der Waals surface area (Å²) < 4.78 is 11.2. The van der Waals surface area contributed by atoms with E-state index in [-0.39, 0.29) is 14.9 Å². The largest absolute Gasteiger partial charge is 0.378 e. The van der Waals surface area contributed by atoms with E-state index in [9.17, 15) is 0 Å². The van der Waals surface area contributed by atoms with Crippen molar-refractivity contribution in [3.05, 3.63) is 0 Å². The Kier molecular flexibility index (Phi) is 15.1. The summed E-state index contributed by atoms with van der Waals surface area (Å²) in [5.41, 5.74) is 0. The van der Waals surface area contributed by atoms with E-state index in [1.807, 2.05) is 0 Å². The third kappa shape index (κ3) is 12.0. The van der Waals surface area contributed by atoms with Crippen LogP contribution in [0.4, 0.5) is 0 Å². The molecule has 0 unspecified atom stereocenters. The van der Waals surface area contributed by atoms with E-state index in [0.717, 1.165) is 13.2 Å². The summed E-state index contributed by atoms with van der Waals surface area (Å²) in [6.45, 7) is 14.3. The van der Waals surface area contributed by atoms with Gasteiger partial charge in [-0.1, -0.05) is 28.7 Å². The number of ether oxygens (including phenoxy) is 2. The molecule has 0 N–H and O–H groups in total. The van der Waals surface area contributed by atoms with Crippen molar-refractivity contribution in [3.63, 3.8) is 0 Å². The molecule has 0 fully saturated rings. The van der Waals surface area contributed by atoms with Crippen LogP contribution in [-0.2, 0) is 9.47 Å². The third-order valence-corrected chi connectivity index (χ3v) is 2.23. The second-order valence-electron chi connectivity index (χ2n) is 4.77. The van der Waals surface area contributed by atoms with Gasteiger partial charge in [0.05, 0.1) is 25.4 Å². The maximum Gasteiger partial charge on any atom is 0.0522 e. The minimum absolute atomic E-state index is 0. The quantitative estimate of drug-likeness (QED) is 0.651. The van der Waals surface area contributed by atoms with Crippen molar-refractivity contribution >= 4 is 0 Å². The fraction of sp³-hybridized carbons (Fsp3) is 1.00. The van der Waals surface area contributed by atoms with Crippen molar-refractivity contribution in [2.45, 2.75) is 68.6 Å². The molecule has 2 nitrogen and oxygen atoms in total. The van der Waals surface area contributed by atoms with Crippen LogP contribution < -0.4 is 0 Å². The highest BCUT2D eigenvalue weighted by atomic mass is 16.5. The van der Waals surface area contributed by atoms with Gasteiger partial charge in [0.2, 0.25) is 0 Å². The van der Waals surface area contributed by atoms with Crippen molar-refractivity contribution in [1.29, 1.82) is 0 Å². The average Bonchev–Trinajstić information content (AvgIpc) is 2.02. The summed E-state index contributed by atoms with van der Waals surface area (Å²) in [5.74, 6) is 1.13. The molecule has 0 aliphatic rings. The number of hydrogen-bond acceptors (Lipinski definition) is 2. The summed E-state index contributed by atoms with van der Waals surface area (Å²) in [7, 11) is 0. The third-order valence-electron chi connectivity index (χ3n) is 2.23. The van der Waals surface area contributed by atoms with Crippen LogP contribution in [0.5, 0.6) is 0 Å². The predicted molar refractivity (Wildman–Crippen MR) is 74.0 cm³/mol. The van der Waals surface area contributed by atoms with Gasteiger partial charge >= 0.3 is 0 Å². The molecule has 0 aromatic carbocycles. The first-order valence-corrected chi connectivity index (χ1v) is 5.66. The van der Waals surface area contributed by atoms with Crippen LogP contribution in [0.1, 0.15) is 56.4 Å². The summed E-state index contributed by atoms with van der Waals surface area (Å²) >= 11 is 0. The lowest BCUT2D eigenvalue weighted by molar-refractivity contribution is -0.0171. The molecule has 0 saturated carbocycles. The maximum atomic E-state index is 5.62. The van der Waals surface area contributed by atoms with Crippen molar-refractivity contribution < 1.29 is 9.47 Å². The standard InChI is InChI=1S/C12H26O2.2CH4/c1-9(2)12(7-13-10(3)4)8-14-11(5)6;;/h9-12H,7-8H2,1-6H3;2*1H4. The van der Waals surface area contributed by atoms with Crippen molar-refractivity contribution in [2.75, 3.05) is 13.2 Å². The second-order valence-corrected chi connectivity index (χ2v) is 4.77. The first kappa shape index (κ1) is 21.2. The monoisotopic (exact) mass is 234 g/mol. The average molecular weight is 234 g/mol. The molecule has 0 aromatic heterocycles. The predicted octanol–water partition coefficient (Wildman–Crippen LogP) is 4.38. The molecule has 0 amide bonds. The smallest absolute Gasteiger partial charge is 0.0522 e. The molecule has 0 heterocycles. The van der Waals surface area contributed by atoms with E-state index in [1.54, 1.807) is 0 Å². The van der Waals surface area contributed by atoms with E-state index < -0.39 is 0 Å². The first-order chi connectivity index (χ1) is 6.43. The van der Waals surface area contributed by atoms with Gasteiger partial charge in [-0.3, -0.25) is 0 Å². The molecule has 0 radical (unpaired) electrons. The summed E-state index contributed by atoms with van der Waals surface area (Å²) in [6.07, 6.45) is 0.630. The summed E-state index contributed by atoms with van der Waals surface area (Å²) in [5, 5.41) is 0. The minimum atomic E-state index is 0. The molecule has 0 aliphatic heterocycles. The van der Waals surface area contributed by atoms with Crippen LogP contribution >= 0.6 is 0 Å². The topological polar surface area (TPSA) is 18.5 Å². The highest BCUT2D eigenvalue weighted by molar-refractivity contribution is 4.62. The van der Waals surface area contributed by atoms with Crippen LogP contribution in [0, 0.1) is 11.8 Å². The SMILES string of the molecule is C.C.CC(C)OCC(COC(C)C)C(C)C. The van der Waals surface area contributed by atoms with Gasteiger partial charge in [-0.2, -0.15) is 0 Å². The van der Waals surface area contributed by atoms with E-state index >= 15 is 0 Å². The van der Waals surface area contributed by atoms with Gasteiger partial charge in [-0.05, 0) is 33.6 Å². The molecule has 2 heteroatoms. The van der Waals surface area contributed by atoms with Crippen LogP contribution in [0.25, 0.3) is 0 Å². The van der Waals surface area contributed by atoms with Gasteiger partial charge in [-0.25, -0.2) is 0 Å². The van der Waals surface area contributed by atoms with Gasteiger partial charge in [0.25, 0.3) is 0 Å². The molecule has 0 aromatic rings. The van der Waals surface area contributed by atoms with Crippen molar-refractivity contribution in [3.8, 4) is 0 Å². The van der Waals surface area contributed by atoms with Gasteiger partial charge < -0.3 is 9.47 Å². The first-order valence-electron chi connectivity index (χ1n) is 5.66.